The first-order valence-corrected chi connectivity index (χ1v) is 10.0. The summed E-state index contributed by atoms with van der Waals surface area (Å²) in [7, 11) is 0. The fourth-order valence-corrected chi connectivity index (χ4v) is 3.87. The Morgan fingerprint density at radius 2 is 1.45 bits per heavy atom. The van der Waals surface area contributed by atoms with Crippen LogP contribution in [0, 0.1) is 0 Å². The molecule has 0 N–H and O–H groups in total. The quantitative estimate of drug-likeness (QED) is 0.240. The van der Waals surface area contributed by atoms with Gasteiger partial charge in [0.1, 0.15) is 11.4 Å². The maximum atomic E-state index is 13.2. The van der Waals surface area contributed by atoms with E-state index in [1.807, 2.05) is 89.5 Å². The van der Waals surface area contributed by atoms with Crippen molar-refractivity contribution >= 4 is 28.6 Å². The Labute approximate surface area is 178 Å². The monoisotopic (exact) mass is 409 g/mol. The second kappa shape index (κ2) is 7.57. The summed E-state index contributed by atoms with van der Waals surface area (Å²) in [5.74, 6) is -1.05. The molecule has 0 unspecified atom stereocenters. The molecule has 0 radical (unpaired) electrons. The van der Waals surface area contributed by atoms with Crippen LogP contribution in [-0.4, -0.2) is 32.3 Å². The predicted octanol–water partition coefficient (Wildman–Crippen LogP) is 4.69. The Bertz CT molecular complexity index is 1420. The summed E-state index contributed by atoms with van der Waals surface area (Å²) in [5.41, 5.74) is 3.98. The van der Waals surface area contributed by atoms with Crippen molar-refractivity contribution in [1.29, 1.82) is 0 Å². The molecule has 0 bridgehead atoms. The van der Waals surface area contributed by atoms with Crippen molar-refractivity contribution in [1.82, 2.24) is 14.0 Å². The van der Waals surface area contributed by atoms with Gasteiger partial charge in [-0.3, -0.25) is 13.8 Å². The Hall–Kier alpha value is -4.19. The zero-order chi connectivity index (χ0) is 21.4. The van der Waals surface area contributed by atoms with E-state index in [0.29, 0.717) is 11.5 Å². The number of hydrogen-bond acceptors (Lipinski definition) is 4. The third kappa shape index (κ3) is 3.00. The zero-order valence-electron chi connectivity index (χ0n) is 16.9. The molecule has 6 nitrogen and oxygen atoms in total. The van der Waals surface area contributed by atoms with E-state index in [0.717, 1.165) is 22.3 Å². The van der Waals surface area contributed by atoms with Gasteiger partial charge in [0.2, 0.25) is 5.78 Å². The Morgan fingerprint density at radius 3 is 2.13 bits per heavy atom. The minimum absolute atomic E-state index is 0.124. The van der Waals surface area contributed by atoms with Gasteiger partial charge < -0.3 is 4.74 Å². The van der Waals surface area contributed by atoms with E-state index >= 15 is 0 Å². The van der Waals surface area contributed by atoms with Crippen LogP contribution in [0.2, 0.25) is 0 Å². The molecule has 0 amide bonds. The normalized spacial score (nSPS) is 11.1. The number of para-hydroxylation sites is 3. The highest BCUT2D eigenvalue weighted by Gasteiger charge is 2.30. The lowest BCUT2D eigenvalue weighted by Crippen LogP contribution is -2.20. The molecule has 0 saturated heterocycles. The van der Waals surface area contributed by atoms with Gasteiger partial charge in [-0.1, -0.05) is 60.7 Å². The first kappa shape index (κ1) is 18.8. The van der Waals surface area contributed by atoms with Crippen LogP contribution in [-0.2, 0) is 9.53 Å². The molecule has 5 rings (SSSR count). The fraction of sp³-hybridized carbons (Fsp3) is 0.0800. The van der Waals surface area contributed by atoms with Crippen LogP contribution in [0.15, 0.2) is 84.9 Å². The second-order valence-corrected chi connectivity index (χ2v) is 7.02. The van der Waals surface area contributed by atoms with E-state index in [9.17, 15) is 9.59 Å². The van der Waals surface area contributed by atoms with E-state index in [2.05, 4.69) is 0 Å². The van der Waals surface area contributed by atoms with Crippen molar-refractivity contribution in [2.45, 2.75) is 6.92 Å². The van der Waals surface area contributed by atoms with E-state index in [4.69, 9.17) is 9.72 Å². The SMILES string of the molecule is CCOC(=O)C(=O)c1c(-c2ccccc2)nc2n(-c3ccccc3)c3ccccc3n12. The summed E-state index contributed by atoms with van der Waals surface area (Å²) in [4.78, 5) is 30.6. The average Bonchev–Trinajstić information content (AvgIpc) is 3.35. The summed E-state index contributed by atoms with van der Waals surface area (Å²) in [6.45, 7) is 1.80. The summed E-state index contributed by atoms with van der Waals surface area (Å²) in [6, 6.07) is 26.9. The highest BCUT2D eigenvalue weighted by atomic mass is 16.5. The lowest BCUT2D eigenvalue weighted by Gasteiger charge is -2.05. The number of nitrogens with zero attached hydrogens (tertiary/aromatic N) is 3. The van der Waals surface area contributed by atoms with Crippen molar-refractivity contribution in [2.24, 2.45) is 0 Å². The Morgan fingerprint density at radius 1 is 0.839 bits per heavy atom. The van der Waals surface area contributed by atoms with E-state index < -0.39 is 11.8 Å². The molecule has 0 aliphatic carbocycles. The van der Waals surface area contributed by atoms with E-state index in [1.54, 1.807) is 11.3 Å². The second-order valence-electron chi connectivity index (χ2n) is 7.02. The largest absolute Gasteiger partial charge is 0.460 e. The lowest BCUT2D eigenvalue weighted by molar-refractivity contribution is -0.137. The van der Waals surface area contributed by atoms with Crippen LogP contribution in [0.4, 0.5) is 0 Å². The molecule has 0 atom stereocenters. The van der Waals surface area contributed by atoms with E-state index in [1.165, 1.54) is 0 Å². The van der Waals surface area contributed by atoms with Crippen molar-refractivity contribution < 1.29 is 14.3 Å². The molecule has 0 aliphatic heterocycles. The number of fused-ring (bicyclic) bond motifs is 3. The van der Waals surface area contributed by atoms with Crippen LogP contribution < -0.4 is 0 Å². The van der Waals surface area contributed by atoms with Crippen molar-refractivity contribution in [3.63, 3.8) is 0 Å². The summed E-state index contributed by atoms with van der Waals surface area (Å²) < 4.78 is 8.78. The minimum Gasteiger partial charge on any atom is -0.460 e. The highest BCUT2D eigenvalue weighted by molar-refractivity contribution is 6.41. The molecular weight excluding hydrogens is 390 g/mol. The maximum Gasteiger partial charge on any atom is 0.381 e. The molecule has 0 saturated carbocycles. The van der Waals surface area contributed by atoms with Crippen molar-refractivity contribution in [2.75, 3.05) is 6.61 Å². The molecule has 31 heavy (non-hydrogen) atoms. The van der Waals surface area contributed by atoms with Gasteiger partial charge in [0, 0.05) is 11.3 Å². The minimum atomic E-state index is -0.891. The van der Waals surface area contributed by atoms with E-state index in [-0.39, 0.29) is 12.3 Å². The molecule has 0 fully saturated rings. The number of aromatic nitrogens is 3. The summed E-state index contributed by atoms with van der Waals surface area (Å²) in [6.07, 6.45) is 0. The highest BCUT2D eigenvalue weighted by Crippen LogP contribution is 2.32. The van der Waals surface area contributed by atoms with Crippen LogP contribution in [0.25, 0.3) is 33.8 Å². The third-order valence-electron chi connectivity index (χ3n) is 5.16. The third-order valence-corrected chi connectivity index (χ3v) is 5.16. The Kier molecular flexibility index (Phi) is 4.59. The molecular formula is C25H19N3O3. The number of benzene rings is 3. The van der Waals surface area contributed by atoms with Gasteiger partial charge in [-0.15, -0.1) is 0 Å². The zero-order valence-corrected chi connectivity index (χ0v) is 16.9. The number of Topliss-reactive ketones (excluding diaryl/α,β-unsaturated/α-hetero) is 1. The van der Waals surface area contributed by atoms with Gasteiger partial charge in [-0.2, -0.15) is 0 Å². The standard InChI is InChI=1S/C25H19N3O3/c1-2-31-24(30)23(29)22-21(17-11-5-3-6-12-17)26-25-27(18-13-7-4-8-14-18)19-15-9-10-16-20(19)28(22)25/h3-16H,2H2,1H3. The molecule has 5 aromatic rings. The predicted molar refractivity (Wildman–Crippen MR) is 118 cm³/mol. The van der Waals surface area contributed by atoms with Crippen LogP contribution in [0.5, 0.6) is 0 Å². The lowest BCUT2D eigenvalue weighted by atomic mass is 10.1. The van der Waals surface area contributed by atoms with Gasteiger partial charge in [-0.05, 0) is 31.2 Å². The number of rotatable bonds is 5. The van der Waals surface area contributed by atoms with Gasteiger partial charge in [0.05, 0.1) is 17.6 Å². The Balaban J connectivity index is 1.91. The molecule has 3 aromatic carbocycles. The van der Waals surface area contributed by atoms with Gasteiger partial charge >= 0.3 is 5.97 Å². The molecule has 2 heterocycles. The first-order chi connectivity index (χ1) is 15.2. The average molecular weight is 409 g/mol. The number of imidazole rings is 2. The maximum absolute atomic E-state index is 13.2. The number of esters is 1. The van der Waals surface area contributed by atoms with Crippen LogP contribution >= 0.6 is 0 Å². The topological polar surface area (TPSA) is 65.6 Å². The summed E-state index contributed by atoms with van der Waals surface area (Å²) >= 11 is 0. The molecule has 0 spiro atoms. The first-order valence-electron chi connectivity index (χ1n) is 10.0. The molecule has 0 aliphatic rings. The smallest absolute Gasteiger partial charge is 0.381 e. The summed E-state index contributed by atoms with van der Waals surface area (Å²) in [5, 5.41) is 0. The number of carbonyl (C=O) groups is 2. The van der Waals surface area contributed by atoms with Crippen LogP contribution in [0.1, 0.15) is 17.4 Å². The number of ether oxygens (including phenoxy) is 1. The number of hydrogen-bond donors (Lipinski definition) is 0. The molecule has 2 aromatic heterocycles. The van der Waals surface area contributed by atoms with Crippen molar-refractivity contribution in [3.8, 4) is 16.9 Å². The fourth-order valence-electron chi connectivity index (χ4n) is 3.87. The molecule has 6 heteroatoms. The van der Waals surface area contributed by atoms with Crippen LogP contribution in [0.3, 0.4) is 0 Å². The van der Waals surface area contributed by atoms with Crippen molar-refractivity contribution in [3.05, 3.63) is 90.6 Å². The van der Waals surface area contributed by atoms with Gasteiger partial charge in [0.25, 0.3) is 5.78 Å². The van der Waals surface area contributed by atoms with Gasteiger partial charge in [0.15, 0.2) is 0 Å². The number of carbonyl (C=O) groups excluding carboxylic acids is 2. The number of ketones is 1. The molecule has 152 valence electrons. The van der Waals surface area contributed by atoms with Gasteiger partial charge in [-0.25, -0.2) is 9.78 Å².